The molecular formula is C17H24IN3S. The first-order valence-electron chi connectivity index (χ1n) is 7.30. The lowest BCUT2D eigenvalue weighted by Crippen LogP contribution is -2.36. The molecule has 0 saturated heterocycles. The second-order valence-corrected chi connectivity index (χ2v) is 6.42. The van der Waals surface area contributed by atoms with Crippen molar-refractivity contribution in [3.8, 4) is 0 Å². The zero-order valence-corrected chi connectivity index (χ0v) is 16.5. The molecule has 0 aliphatic rings. The molecule has 0 aliphatic heterocycles. The van der Waals surface area contributed by atoms with Crippen LogP contribution in [0.2, 0.25) is 0 Å². The van der Waals surface area contributed by atoms with E-state index in [0.717, 1.165) is 19.0 Å². The van der Waals surface area contributed by atoms with Crippen molar-refractivity contribution in [1.82, 2.24) is 10.6 Å². The Hall–Kier alpha value is -1.08. The summed E-state index contributed by atoms with van der Waals surface area (Å²) >= 11 is 1.82. The predicted molar refractivity (Wildman–Crippen MR) is 107 cm³/mol. The minimum atomic E-state index is 0. The smallest absolute Gasteiger partial charge is 0.191 e. The summed E-state index contributed by atoms with van der Waals surface area (Å²) < 4.78 is 0. The Morgan fingerprint density at radius 1 is 1.05 bits per heavy atom. The molecule has 1 aromatic heterocycles. The first-order valence-corrected chi connectivity index (χ1v) is 8.12. The number of thiophene rings is 1. The summed E-state index contributed by atoms with van der Waals surface area (Å²) in [5.41, 5.74) is 2.51. The Balaban J connectivity index is 0.00000242. The molecule has 5 heteroatoms. The Bertz CT molecular complexity index is 590. The molecule has 0 fully saturated rings. The normalized spacial score (nSPS) is 11.0. The predicted octanol–water partition coefficient (Wildman–Crippen LogP) is 4.24. The number of nitrogens with one attached hydrogen (secondary N) is 2. The van der Waals surface area contributed by atoms with E-state index in [1.807, 2.05) is 11.3 Å². The standard InChI is InChI=1S/C17H23N3S.HI/c1-4-18-17(20-12-16-10-7-14(3)21-16)19-11-15-8-5-13(2)6-9-15;/h5-10H,4,11-12H2,1-3H3,(H2,18,19,20);1H. The van der Waals surface area contributed by atoms with Gasteiger partial charge in [0.15, 0.2) is 5.96 Å². The highest BCUT2D eigenvalue weighted by molar-refractivity contribution is 14.0. The van der Waals surface area contributed by atoms with Crippen LogP contribution in [0.4, 0.5) is 0 Å². The van der Waals surface area contributed by atoms with Crippen LogP contribution in [-0.4, -0.2) is 12.5 Å². The van der Waals surface area contributed by atoms with Crippen LogP contribution in [-0.2, 0) is 13.1 Å². The molecule has 1 heterocycles. The minimum absolute atomic E-state index is 0. The van der Waals surface area contributed by atoms with Crippen molar-refractivity contribution in [2.75, 3.05) is 6.54 Å². The molecule has 0 spiro atoms. The second kappa shape index (κ2) is 9.84. The lowest BCUT2D eigenvalue weighted by molar-refractivity contribution is 0.823. The van der Waals surface area contributed by atoms with Gasteiger partial charge in [0.05, 0.1) is 13.1 Å². The quantitative estimate of drug-likeness (QED) is 0.424. The van der Waals surface area contributed by atoms with E-state index in [4.69, 9.17) is 0 Å². The van der Waals surface area contributed by atoms with Gasteiger partial charge in [0, 0.05) is 16.3 Å². The molecule has 2 rings (SSSR count). The SMILES string of the molecule is CCNC(=NCc1ccc(C)cc1)NCc1ccc(C)s1.I. The monoisotopic (exact) mass is 429 g/mol. The van der Waals surface area contributed by atoms with Crippen LogP contribution in [0, 0.1) is 13.8 Å². The van der Waals surface area contributed by atoms with Crippen LogP contribution >= 0.6 is 35.3 Å². The van der Waals surface area contributed by atoms with E-state index in [-0.39, 0.29) is 24.0 Å². The number of nitrogens with zero attached hydrogens (tertiary/aromatic N) is 1. The van der Waals surface area contributed by atoms with Gasteiger partial charge >= 0.3 is 0 Å². The van der Waals surface area contributed by atoms with Gasteiger partial charge in [-0.3, -0.25) is 0 Å². The third-order valence-electron chi connectivity index (χ3n) is 3.11. The zero-order chi connectivity index (χ0) is 15.1. The number of guanidine groups is 1. The fourth-order valence-corrected chi connectivity index (χ4v) is 2.79. The van der Waals surface area contributed by atoms with E-state index < -0.39 is 0 Å². The van der Waals surface area contributed by atoms with Crippen molar-refractivity contribution in [2.24, 2.45) is 4.99 Å². The van der Waals surface area contributed by atoms with Crippen LogP contribution in [0.3, 0.4) is 0 Å². The van der Waals surface area contributed by atoms with Gasteiger partial charge in [0.25, 0.3) is 0 Å². The molecule has 1 aromatic carbocycles. The maximum absolute atomic E-state index is 4.63. The number of aliphatic imine (C=N–C) groups is 1. The van der Waals surface area contributed by atoms with E-state index >= 15 is 0 Å². The second-order valence-electron chi connectivity index (χ2n) is 5.05. The average molecular weight is 429 g/mol. The highest BCUT2D eigenvalue weighted by Crippen LogP contribution is 2.14. The summed E-state index contributed by atoms with van der Waals surface area (Å²) in [7, 11) is 0. The van der Waals surface area contributed by atoms with E-state index in [1.54, 1.807) is 0 Å². The molecular weight excluding hydrogens is 405 g/mol. The van der Waals surface area contributed by atoms with E-state index in [2.05, 4.69) is 72.8 Å². The Morgan fingerprint density at radius 2 is 1.77 bits per heavy atom. The lowest BCUT2D eigenvalue weighted by atomic mass is 10.1. The molecule has 0 bridgehead atoms. The molecule has 0 aliphatic carbocycles. The molecule has 0 amide bonds. The van der Waals surface area contributed by atoms with Gasteiger partial charge in [-0.15, -0.1) is 35.3 Å². The van der Waals surface area contributed by atoms with Gasteiger partial charge in [0.2, 0.25) is 0 Å². The van der Waals surface area contributed by atoms with Crippen molar-refractivity contribution < 1.29 is 0 Å². The summed E-state index contributed by atoms with van der Waals surface area (Å²) in [5.74, 6) is 0.865. The van der Waals surface area contributed by atoms with Crippen LogP contribution in [0.25, 0.3) is 0 Å². The highest BCUT2D eigenvalue weighted by Gasteiger charge is 2.00. The summed E-state index contributed by atoms with van der Waals surface area (Å²) in [4.78, 5) is 7.30. The maximum Gasteiger partial charge on any atom is 0.191 e. The molecule has 2 N–H and O–H groups in total. The third-order valence-corrected chi connectivity index (χ3v) is 4.11. The summed E-state index contributed by atoms with van der Waals surface area (Å²) in [5, 5.41) is 6.67. The number of halogens is 1. The van der Waals surface area contributed by atoms with Gasteiger partial charge in [-0.2, -0.15) is 0 Å². The van der Waals surface area contributed by atoms with Gasteiger partial charge < -0.3 is 10.6 Å². The van der Waals surface area contributed by atoms with E-state index in [0.29, 0.717) is 6.54 Å². The first-order chi connectivity index (χ1) is 10.2. The molecule has 0 atom stereocenters. The van der Waals surface area contributed by atoms with E-state index in [9.17, 15) is 0 Å². The molecule has 120 valence electrons. The highest BCUT2D eigenvalue weighted by atomic mass is 127. The fraction of sp³-hybridized carbons (Fsp3) is 0.353. The van der Waals surface area contributed by atoms with Crippen LogP contribution < -0.4 is 10.6 Å². The van der Waals surface area contributed by atoms with Crippen LogP contribution in [0.15, 0.2) is 41.4 Å². The van der Waals surface area contributed by atoms with Crippen molar-refractivity contribution >= 4 is 41.3 Å². The minimum Gasteiger partial charge on any atom is -0.357 e. The fourth-order valence-electron chi connectivity index (χ4n) is 1.96. The van der Waals surface area contributed by atoms with E-state index in [1.165, 1.54) is 20.9 Å². The van der Waals surface area contributed by atoms with Gasteiger partial charge in [-0.05, 0) is 38.5 Å². The summed E-state index contributed by atoms with van der Waals surface area (Å²) in [6, 6.07) is 12.8. The number of hydrogen-bond donors (Lipinski definition) is 2. The Kier molecular flexibility index (Phi) is 8.48. The molecule has 22 heavy (non-hydrogen) atoms. The molecule has 2 aromatic rings. The third kappa shape index (κ3) is 6.36. The molecule has 0 unspecified atom stereocenters. The van der Waals surface area contributed by atoms with Crippen LogP contribution in [0.1, 0.15) is 27.8 Å². The summed E-state index contributed by atoms with van der Waals surface area (Å²) in [6.07, 6.45) is 0. The van der Waals surface area contributed by atoms with Gasteiger partial charge in [0.1, 0.15) is 0 Å². The van der Waals surface area contributed by atoms with Crippen molar-refractivity contribution in [3.63, 3.8) is 0 Å². The van der Waals surface area contributed by atoms with Gasteiger partial charge in [-0.1, -0.05) is 29.8 Å². The average Bonchev–Trinajstić information content (AvgIpc) is 2.89. The Labute approximate surface area is 154 Å². The lowest BCUT2D eigenvalue weighted by Gasteiger charge is -2.10. The topological polar surface area (TPSA) is 36.4 Å². The number of aryl methyl sites for hydroxylation is 2. The van der Waals surface area contributed by atoms with Crippen molar-refractivity contribution in [1.29, 1.82) is 0 Å². The molecule has 0 radical (unpaired) electrons. The van der Waals surface area contributed by atoms with Gasteiger partial charge in [-0.25, -0.2) is 4.99 Å². The van der Waals surface area contributed by atoms with Crippen molar-refractivity contribution in [2.45, 2.75) is 33.9 Å². The number of rotatable bonds is 5. The van der Waals surface area contributed by atoms with Crippen molar-refractivity contribution in [3.05, 3.63) is 57.3 Å². The molecule has 3 nitrogen and oxygen atoms in total. The summed E-state index contributed by atoms with van der Waals surface area (Å²) in [6.45, 7) is 8.69. The van der Waals surface area contributed by atoms with Crippen LogP contribution in [0.5, 0.6) is 0 Å². The number of benzene rings is 1. The largest absolute Gasteiger partial charge is 0.357 e. The number of hydrogen-bond acceptors (Lipinski definition) is 2. The zero-order valence-electron chi connectivity index (χ0n) is 13.3. The Morgan fingerprint density at radius 3 is 2.36 bits per heavy atom. The first kappa shape index (κ1) is 19.0. The molecule has 0 saturated carbocycles. The maximum atomic E-state index is 4.63.